The number of carbonyl (C=O) groups excluding carboxylic acids is 2. The predicted molar refractivity (Wildman–Crippen MR) is 58.8 cm³/mol. The largest absolute Gasteiger partial charge is 0.344 e. The molecule has 0 spiro atoms. The van der Waals surface area contributed by atoms with Gasteiger partial charge in [0, 0.05) is 33.1 Å². The van der Waals surface area contributed by atoms with Crippen LogP contribution in [-0.4, -0.2) is 53.7 Å². The number of rotatable bonds is 3. The lowest BCUT2D eigenvalue weighted by Gasteiger charge is -2.27. The number of alkyl halides is 1. The molecule has 1 aliphatic heterocycles. The summed E-state index contributed by atoms with van der Waals surface area (Å²) < 4.78 is 0. The zero-order valence-corrected chi connectivity index (χ0v) is 9.96. The van der Waals surface area contributed by atoms with Gasteiger partial charge in [0.1, 0.15) is 5.88 Å². The molecule has 0 aromatic heterocycles. The molecule has 1 aliphatic rings. The van der Waals surface area contributed by atoms with Crippen molar-refractivity contribution in [2.45, 2.75) is 25.8 Å². The lowest BCUT2D eigenvalue weighted by molar-refractivity contribution is -0.133. The molecule has 1 fully saturated rings. The highest BCUT2D eigenvalue weighted by atomic mass is 35.5. The van der Waals surface area contributed by atoms with Crippen molar-refractivity contribution in [3.05, 3.63) is 0 Å². The zero-order chi connectivity index (χ0) is 11.4. The number of likely N-dealkylation sites (N-methyl/N-ethyl adjacent to an activating group) is 1. The van der Waals surface area contributed by atoms with Crippen LogP contribution in [-0.2, 0) is 9.59 Å². The Bertz CT molecular complexity index is 258. The van der Waals surface area contributed by atoms with Crippen molar-refractivity contribution in [3.63, 3.8) is 0 Å². The molecule has 5 heteroatoms. The Balaban J connectivity index is 2.53. The van der Waals surface area contributed by atoms with Crippen LogP contribution in [0.25, 0.3) is 0 Å². The van der Waals surface area contributed by atoms with Gasteiger partial charge in [-0.25, -0.2) is 0 Å². The second kappa shape index (κ2) is 5.35. The molecule has 1 saturated heterocycles. The maximum Gasteiger partial charge on any atom is 0.237 e. The lowest BCUT2D eigenvalue weighted by Crippen LogP contribution is -2.43. The average Bonchev–Trinajstić information content (AvgIpc) is 2.64. The van der Waals surface area contributed by atoms with E-state index in [4.69, 9.17) is 11.6 Å². The van der Waals surface area contributed by atoms with E-state index in [1.807, 2.05) is 0 Å². The van der Waals surface area contributed by atoms with Gasteiger partial charge in [-0.3, -0.25) is 9.59 Å². The van der Waals surface area contributed by atoms with Crippen LogP contribution < -0.4 is 0 Å². The molecule has 0 bridgehead atoms. The number of nitrogens with zero attached hydrogens (tertiary/aromatic N) is 2. The molecule has 1 heterocycles. The zero-order valence-electron chi connectivity index (χ0n) is 9.20. The van der Waals surface area contributed by atoms with Gasteiger partial charge in [-0.15, -0.1) is 11.6 Å². The van der Waals surface area contributed by atoms with Gasteiger partial charge in [0.15, 0.2) is 0 Å². The number of hydrogen-bond donors (Lipinski definition) is 0. The first kappa shape index (κ1) is 12.3. The molecule has 1 unspecified atom stereocenters. The van der Waals surface area contributed by atoms with E-state index in [0.717, 1.165) is 19.4 Å². The van der Waals surface area contributed by atoms with Crippen LogP contribution in [0.2, 0.25) is 0 Å². The normalized spacial score (nSPS) is 20.5. The van der Waals surface area contributed by atoms with Gasteiger partial charge in [0.05, 0.1) is 0 Å². The highest BCUT2D eigenvalue weighted by molar-refractivity contribution is 6.27. The van der Waals surface area contributed by atoms with Crippen molar-refractivity contribution >= 4 is 23.4 Å². The van der Waals surface area contributed by atoms with E-state index in [0.29, 0.717) is 6.54 Å². The highest BCUT2D eigenvalue weighted by Gasteiger charge is 2.29. The van der Waals surface area contributed by atoms with E-state index in [2.05, 4.69) is 0 Å². The number of halogens is 1. The average molecular weight is 233 g/mol. The number of likely N-dealkylation sites (tertiary alicyclic amines) is 1. The molecular weight excluding hydrogens is 216 g/mol. The third-order valence-corrected chi connectivity index (χ3v) is 3.06. The monoisotopic (exact) mass is 232 g/mol. The third-order valence-electron chi connectivity index (χ3n) is 2.83. The molecule has 4 nitrogen and oxygen atoms in total. The minimum absolute atomic E-state index is 0.0279. The van der Waals surface area contributed by atoms with Gasteiger partial charge in [0.2, 0.25) is 11.8 Å². The summed E-state index contributed by atoms with van der Waals surface area (Å²) in [6, 6.07) is 0.144. The summed E-state index contributed by atoms with van der Waals surface area (Å²) in [6.45, 7) is 2.91. The van der Waals surface area contributed by atoms with Gasteiger partial charge < -0.3 is 9.80 Å². The van der Waals surface area contributed by atoms with Crippen molar-refractivity contribution < 1.29 is 9.59 Å². The van der Waals surface area contributed by atoms with Crippen LogP contribution in [0.5, 0.6) is 0 Å². The molecule has 0 aromatic rings. The Hall–Kier alpha value is -0.770. The quantitative estimate of drug-likeness (QED) is 0.672. The topological polar surface area (TPSA) is 40.6 Å². The van der Waals surface area contributed by atoms with Crippen molar-refractivity contribution in [1.82, 2.24) is 9.80 Å². The molecule has 1 rings (SSSR count). The summed E-state index contributed by atoms with van der Waals surface area (Å²) in [4.78, 5) is 26.0. The maximum atomic E-state index is 11.5. The SMILES string of the molecule is CC(=O)N(C)CC1CCCN1C(=O)CCl. The Morgan fingerprint density at radius 3 is 2.73 bits per heavy atom. The van der Waals surface area contributed by atoms with Crippen LogP contribution in [0, 0.1) is 0 Å². The summed E-state index contributed by atoms with van der Waals surface area (Å²) in [5, 5.41) is 0. The Labute approximate surface area is 95.2 Å². The van der Waals surface area contributed by atoms with Crippen LogP contribution in [0.1, 0.15) is 19.8 Å². The van der Waals surface area contributed by atoms with Gasteiger partial charge >= 0.3 is 0 Å². The molecule has 0 N–H and O–H groups in total. The molecule has 0 radical (unpaired) electrons. The number of amides is 2. The summed E-state index contributed by atoms with van der Waals surface area (Å²) in [6.07, 6.45) is 1.96. The molecule has 0 saturated carbocycles. The van der Waals surface area contributed by atoms with E-state index in [1.54, 1.807) is 16.8 Å². The molecule has 15 heavy (non-hydrogen) atoms. The lowest BCUT2D eigenvalue weighted by atomic mass is 10.2. The van der Waals surface area contributed by atoms with E-state index in [9.17, 15) is 9.59 Å². The maximum absolute atomic E-state index is 11.5. The number of carbonyl (C=O) groups is 2. The van der Waals surface area contributed by atoms with Crippen molar-refractivity contribution in [3.8, 4) is 0 Å². The van der Waals surface area contributed by atoms with Crippen LogP contribution >= 0.6 is 11.6 Å². The summed E-state index contributed by atoms with van der Waals surface area (Å²) in [5.41, 5.74) is 0. The molecule has 1 atom stereocenters. The first-order valence-corrected chi connectivity index (χ1v) is 5.67. The van der Waals surface area contributed by atoms with E-state index in [-0.39, 0.29) is 23.7 Å². The molecule has 0 aliphatic carbocycles. The summed E-state index contributed by atoms with van der Waals surface area (Å²) >= 11 is 5.52. The molecule has 2 amide bonds. The van der Waals surface area contributed by atoms with Crippen molar-refractivity contribution in [2.24, 2.45) is 0 Å². The minimum atomic E-state index is -0.0314. The van der Waals surface area contributed by atoms with Gasteiger partial charge in [-0.05, 0) is 12.8 Å². The second-order valence-corrected chi connectivity index (χ2v) is 4.18. The minimum Gasteiger partial charge on any atom is -0.344 e. The first-order chi connectivity index (χ1) is 7.06. The highest BCUT2D eigenvalue weighted by Crippen LogP contribution is 2.18. The van der Waals surface area contributed by atoms with Gasteiger partial charge in [-0.1, -0.05) is 0 Å². The fraction of sp³-hybridized carbons (Fsp3) is 0.800. The van der Waals surface area contributed by atoms with Crippen LogP contribution in [0.4, 0.5) is 0 Å². The Morgan fingerprint density at radius 2 is 2.20 bits per heavy atom. The Kier molecular flexibility index (Phi) is 4.39. The second-order valence-electron chi connectivity index (χ2n) is 3.92. The van der Waals surface area contributed by atoms with Crippen LogP contribution in [0.3, 0.4) is 0 Å². The summed E-state index contributed by atoms with van der Waals surface area (Å²) in [5.74, 6) is 0.0246. The summed E-state index contributed by atoms with van der Waals surface area (Å²) in [7, 11) is 1.75. The van der Waals surface area contributed by atoms with E-state index < -0.39 is 0 Å². The van der Waals surface area contributed by atoms with Crippen LogP contribution in [0.15, 0.2) is 0 Å². The fourth-order valence-corrected chi connectivity index (χ4v) is 2.03. The predicted octanol–water partition coefficient (Wildman–Crippen LogP) is 0.695. The smallest absolute Gasteiger partial charge is 0.237 e. The third kappa shape index (κ3) is 3.09. The first-order valence-electron chi connectivity index (χ1n) is 5.13. The van der Waals surface area contributed by atoms with E-state index in [1.165, 1.54) is 6.92 Å². The van der Waals surface area contributed by atoms with Gasteiger partial charge in [0.25, 0.3) is 0 Å². The molecule has 0 aromatic carbocycles. The molecular formula is C10H17ClN2O2. The van der Waals surface area contributed by atoms with Crippen molar-refractivity contribution in [2.75, 3.05) is 26.0 Å². The molecule has 86 valence electrons. The standard InChI is InChI=1S/C10H17ClN2O2/c1-8(14)12(2)7-9-4-3-5-13(9)10(15)6-11/h9H,3-7H2,1-2H3. The van der Waals surface area contributed by atoms with Crippen molar-refractivity contribution in [1.29, 1.82) is 0 Å². The van der Waals surface area contributed by atoms with E-state index >= 15 is 0 Å². The fourth-order valence-electron chi connectivity index (χ4n) is 1.88. The van der Waals surface area contributed by atoms with Gasteiger partial charge in [-0.2, -0.15) is 0 Å². The number of hydrogen-bond acceptors (Lipinski definition) is 2. The Morgan fingerprint density at radius 1 is 1.53 bits per heavy atom.